The summed E-state index contributed by atoms with van der Waals surface area (Å²) in [6, 6.07) is 19.1. The molecule has 28 heavy (non-hydrogen) atoms. The van der Waals surface area contributed by atoms with E-state index in [1.54, 1.807) is 12.0 Å². The van der Waals surface area contributed by atoms with E-state index in [4.69, 9.17) is 4.74 Å². The lowest BCUT2D eigenvalue weighted by molar-refractivity contribution is -0.117. The fourth-order valence-electron chi connectivity index (χ4n) is 3.26. The van der Waals surface area contributed by atoms with Gasteiger partial charge in [0.1, 0.15) is 10.6 Å². The molecule has 0 aliphatic carbocycles. The Balaban J connectivity index is 1.52. The molecule has 1 fully saturated rings. The minimum Gasteiger partial charge on any atom is -0.495 e. The average molecular weight is 392 g/mol. The van der Waals surface area contributed by atoms with E-state index in [0.29, 0.717) is 22.7 Å². The van der Waals surface area contributed by atoms with Crippen LogP contribution >= 0.6 is 11.3 Å². The Hall–Kier alpha value is -3.12. The van der Waals surface area contributed by atoms with E-state index in [0.717, 1.165) is 29.1 Å². The highest BCUT2D eigenvalue weighted by Crippen LogP contribution is 2.36. The third kappa shape index (κ3) is 3.64. The van der Waals surface area contributed by atoms with Crippen molar-refractivity contribution in [3.8, 4) is 16.2 Å². The number of carbonyl (C=O) groups is 2. The van der Waals surface area contributed by atoms with Crippen LogP contribution in [0.15, 0.2) is 60.7 Å². The van der Waals surface area contributed by atoms with Crippen LogP contribution in [0, 0.1) is 0 Å². The number of benzene rings is 2. The van der Waals surface area contributed by atoms with Crippen LogP contribution in [0.4, 0.5) is 11.4 Å². The number of nitrogens with zero attached hydrogens (tertiary/aromatic N) is 1. The zero-order chi connectivity index (χ0) is 19.5. The maximum absolute atomic E-state index is 12.8. The molecule has 1 aliphatic heterocycles. The molecule has 6 heteroatoms. The lowest BCUT2D eigenvalue weighted by atomic mass is 10.2. The second kappa shape index (κ2) is 7.86. The topological polar surface area (TPSA) is 58.6 Å². The molecule has 5 nitrogen and oxygen atoms in total. The minimum absolute atomic E-state index is 0.147. The average Bonchev–Trinajstić information content (AvgIpc) is 3.35. The van der Waals surface area contributed by atoms with Gasteiger partial charge in [0, 0.05) is 29.2 Å². The van der Waals surface area contributed by atoms with Crippen molar-refractivity contribution in [2.45, 2.75) is 12.8 Å². The number of ether oxygens (including phenoxy) is 1. The number of hydrogen-bond donors (Lipinski definition) is 1. The first-order valence-electron chi connectivity index (χ1n) is 9.11. The minimum atomic E-state index is -0.214. The smallest absolute Gasteiger partial charge is 0.269 e. The highest BCUT2D eigenvalue weighted by atomic mass is 32.1. The zero-order valence-corrected chi connectivity index (χ0v) is 16.3. The van der Waals surface area contributed by atoms with Crippen LogP contribution < -0.4 is 15.0 Å². The van der Waals surface area contributed by atoms with Crippen molar-refractivity contribution < 1.29 is 14.3 Å². The van der Waals surface area contributed by atoms with E-state index in [9.17, 15) is 9.59 Å². The van der Waals surface area contributed by atoms with Gasteiger partial charge in [-0.3, -0.25) is 9.59 Å². The quantitative estimate of drug-likeness (QED) is 0.678. The molecule has 0 saturated carbocycles. The SMILES string of the molecule is COc1cc(-c2ccccc2)sc1C(=O)Nc1ccc(N2CCCC2=O)cc1. The van der Waals surface area contributed by atoms with Crippen molar-refractivity contribution >= 4 is 34.5 Å². The molecule has 1 aliphatic rings. The molecule has 4 rings (SSSR count). The Morgan fingerprint density at radius 2 is 1.86 bits per heavy atom. The summed E-state index contributed by atoms with van der Waals surface area (Å²) < 4.78 is 5.41. The molecule has 1 saturated heterocycles. The van der Waals surface area contributed by atoms with E-state index >= 15 is 0 Å². The van der Waals surface area contributed by atoms with Gasteiger partial charge >= 0.3 is 0 Å². The molecular formula is C22H20N2O3S. The van der Waals surface area contributed by atoms with E-state index < -0.39 is 0 Å². The van der Waals surface area contributed by atoms with E-state index in [1.165, 1.54) is 11.3 Å². The van der Waals surface area contributed by atoms with Gasteiger partial charge < -0.3 is 15.0 Å². The van der Waals surface area contributed by atoms with Crippen LogP contribution in [0.3, 0.4) is 0 Å². The lowest BCUT2D eigenvalue weighted by Crippen LogP contribution is -2.23. The predicted molar refractivity (Wildman–Crippen MR) is 112 cm³/mol. The number of thiophene rings is 1. The summed E-state index contributed by atoms with van der Waals surface area (Å²) >= 11 is 1.40. The Morgan fingerprint density at radius 1 is 1.11 bits per heavy atom. The molecule has 142 valence electrons. The van der Waals surface area contributed by atoms with Gasteiger partial charge in [0.25, 0.3) is 5.91 Å². The second-order valence-electron chi connectivity index (χ2n) is 6.52. The van der Waals surface area contributed by atoms with Crippen molar-refractivity contribution in [1.29, 1.82) is 0 Å². The summed E-state index contributed by atoms with van der Waals surface area (Å²) in [6.45, 7) is 0.749. The molecular weight excluding hydrogens is 372 g/mol. The number of hydrogen-bond acceptors (Lipinski definition) is 4. The van der Waals surface area contributed by atoms with Crippen molar-refractivity contribution in [1.82, 2.24) is 0 Å². The molecule has 2 amide bonds. The van der Waals surface area contributed by atoms with Crippen LogP contribution in [-0.4, -0.2) is 25.5 Å². The number of methoxy groups -OCH3 is 1. The molecule has 0 radical (unpaired) electrons. The molecule has 0 spiro atoms. The molecule has 2 aromatic carbocycles. The van der Waals surface area contributed by atoms with Crippen molar-refractivity contribution in [2.24, 2.45) is 0 Å². The van der Waals surface area contributed by atoms with E-state index in [2.05, 4.69) is 5.32 Å². The molecule has 1 N–H and O–H groups in total. The van der Waals surface area contributed by atoms with Crippen LogP contribution in [-0.2, 0) is 4.79 Å². The summed E-state index contributed by atoms with van der Waals surface area (Å²) in [5, 5.41) is 2.91. The molecule has 0 unspecified atom stereocenters. The van der Waals surface area contributed by atoms with Gasteiger partial charge in [0.15, 0.2) is 0 Å². The first kappa shape index (κ1) is 18.3. The van der Waals surface area contributed by atoms with Crippen molar-refractivity contribution in [2.75, 3.05) is 23.9 Å². The van der Waals surface area contributed by atoms with Gasteiger partial charge in [0.2, 0.25) is 5.91 Å². The molecule has 1 aromatic heterocycles. The van der Waals surface area contributed by atoms with Gasteiger partial charge in [-0.25, -0.2) is 0 Å². The summed E-state index contributed by atoms with van der Waals surface area (Å²) in [5.41, 5.74) is 2.59. The van der Waals surface area contributed by atoms with Gasteiger partial charge in [0.05, 0.1) is 7.11 Å². The summed E-state index contributed by atoms with van der Waals surface area (Å²) in [4.78, 5) is 27.9. The summed E-state index contributed by atoms with van der Waals surface area (Å²) in [7, 11) is 1.56. The fourth-order valence-corrected chi connectivity index (χ4v) is 4.29. The van der Waals surface area contributed by atoms with Crippen LogP contribution in [0.5, 0.6) is 5.75 Å². The molecule has 0 bridgehead atoms. The van der Waals surface area contributed by atoms with Gasteiger partial charge in [-0.15, -0.1) is 11.3 Å². The highest BCUT2D eigenvalue weighted by molar-refractivity contribution is 7.17. The van der Waals surface area contributed by atoms with Crippen LogP contribution in [0.25, 0.3) is 10.4 Å². The summed E-state index contributed by atoms with van der Waals surface area (Å²) in [6.07, 6.45) is 1.49. The Kier molecular flexibility index (Phi) is 5.12. The van der Waals surface area contributed by atoms with Gasteiger partial charge in [-0.1, -0.05) is 30.3 Å². The molecule has 3 aromatic rings. The van der Waals surface area contributed by atoms with Crippen LogP contribution in [0.2, 0.25) is 0 Å². The third-order valence-electron chi connectivity index (χ3n) is 4.69. The Labute approximate surface area is 167 Å². The second-order valence-corrected chi connectivity index (χ2v) is 7.58. The largest absolute Gasteiger partial charge is 0.495 e. The van der Waals surface area contributed by atoms with Crippen molar-refractivity contribution in [3.63, 3.8) is 0 Å². The Bertz CT molecular complexity index is 996. The number of amides is 2. The van der Waals surface area contributed by atoms with E-state index in [-0.39, 0.29) is 11.8 Å². The first-order chi connectivity index (χ1) is 13.7. The summed E-state index contributed by atoms with van der Waals surface area (Å²) in [5.74, 6) is 0.489. The number of anilines is 2. The molecule has 2 heterocycles. The third-order valence-corrected chi connectivity index (χ3v) is 5.86. The monoisotopic (exact) mass is 392 g/mol. The Morgan fingerprint density at radius 3 is 2.50 bits per heavy atom. The van der Waals surface area contributed by atoms with Gasteiger partial charge in [-0.2, -0.15) is 0 Å². The number of rotatable bonds is 5. The standard InChI is InChI=1S/C22H20N2O3S/c1-27-18-14-19(15-6-3-2-4-7-15)28-21(18)22(26)23-16-9-11-17(12-10-16)24-13-5-8-20(24)25/h2-4,6-7,9-12,14H,5,8,13H2,1H3,(H,23,26). The fraction of sp³-hybridized carbons (Fsp3) is 0.182. The predicted octanol–water partition coefficient (Wildman–Crippen LogP) is 4.80. The number of nitrogens with one attached hydrogen (secondary N) is 1. The van der Waals surface area contributed by atoms with Crippen molar-refractivity contribution in [3.05, 3.63) is 65.5 Å². The van der Waals surface area contributed by atoms with Crippen LogP contribution in [0.1, 0.15) is 22.5 Å². The normalized spacial score (nSPS) is 13.6. The maximum atomic E-state index is 12.8. The molecule has 0 atom stereocenters. The highest BCUT2D eigenvalue weighted by Gasteiger charge is 2.22. The van der Waals surface area contributed by atoms with Gasteiger partial charge in [-0.05, 0) is 42.3 Å². The first-order valence-corrected chi connectivity index (χ1v) is 9.92. The number of carbonyl (C=O) groups excluding carboxylic acids is 2. The van der Waals surface area contributed by atoms with E-state index in [1.807, 2.05) is 60.7 Å². The lowest BCUT2D eigenvalue weighted by Gasteiger charge is -2.16. The zero-order valence-electron chi connectivity index (χ0n) is 15.5. The maximum Gasteiger partial charge on any atom is 0.269 e.